The van der Waals surface area contributed by atoms with E-state index in [1.165, 1.54) is 13.2 Å². The molecule has 2 rings (SSSR count). The molecule has 0 radical (unpaired) electrons. The minimum Gasteiger partial charge on any atom is -0.494 e. The summed E-state index contributed by atoms with van der Waals surface area (Å²) in [6, 6.07) is 8.64. The summed E-state index contributed by atoms with van der Waals surface area (Å²) in [7, 11) is 1.45. The molecule has 0 aliphatic carbocycles. The largest absolute Gasteiger partial charge is 0.494 e. The van der Waals surface area contributed by atoms with Crippen LogP contribution in [0, 0.1) is 5.82 Å². The summed E-state index contributed by atoms with van der Waals surface area (Å²) in [6.07, 6.45) is 0.872. The van der Waals surface area contributed by atoms with Crippen LogP contribution < -0.4 is 10.1 Å². The molecule has 1 aromatic heterocycles. The normalized spacial score (nSPS) is 10.4. The van der Waals surface area contributed by atoms with E-state index in [4.69, 9.17) is 9.15 Å². The Kier molecular flexibility index (Phi) is 3.87. The molecule has 4 heteroatoms. The van der Waals surface area contributed by atoms with Gasteiger partial charge in [-0.3, -0.25) is 0 Å². The van der Waals surface area contributed by atoms with Crippen LogP contribution in [0.5, 0.6) is 5.75 Å². The number of hydrogen-bond acceptors (Lipinski definition) is 3. The monoisotopic (exact) mass is 249 g/mol. The number of aryl methyl sites for hydroxylation is 1. The molecule has 0 aliphatic rings. The molecule has 1 aromatic carbocycles. The Morgan fingerprint density at radius 2 is 2.00 bits per heavy atom. The third-order valence-corrected chi connectivity index (χ3v) is 2.68. The van der Waals surface area contributed by atoms with Crippen LogP contribution in [0.15, 0.2) is 34.7 Å². The minimum absolute atomic E-state index is 0.242. The number of methoxy groups -OCH3 is 1. The van der Waals surface area contributed by atoms with Gasteiger partial charge in [-0.25, -0.2) is 4.39 Å². The summed E-state index contributed by atoms with van der Waals surface area (Å²) in [6.45, 7) is 2.57. The van der Waals surface area contributed by atoms with Crippen LogP contribution in [0.4, 0.5) is 10.1 Å². The molecule has 0 spiro atoms. The van der Waals surface area contributed by atoms with Crippen LogP contribution in [-0.2, 0) is 13.0 Å². The van der Waals surface area contributed by atoms with E-state index in [0.29, 0.717) is 12.2 Å². The number of rotatable bonds is 5. The van der Waals surface area contributed by atoms with Crippen LogP contribution in [-0.4, -0.2) is 7.11 Å². The highest BCUT2D eigenvalue weighted by Gasteiger charge is 2.04. The maximum Gasteiger partial charge on any atom is 0.167 e. The molecule has 0 unspecified atom stereocenters. The number of furan rings is 1. The van der Waals surface area contributed by atoms with Crippen molar-refractivity contribution in [2.24, 2.45) is 0 Å². The van der Waals surface area contributed by atoms with Crippen LogP contribution in [0.25, 0.3) is 0 Å². The minimum atomic E-state index is -0.379. The fourth-order valence-electron chi connectivity index (χ4n) is 1.67. The van der Waals surface area contributed by atoms with Gasteiger partial charge < -0.3 is 14.5 Å². The highest BCUT2D eigenvalue weighted by molar-refractivity contribution is 5.47. The highest BCUT2D eigenvalue weighted by Crippen LogP contribution is 2.21. The Morgan fingerprint density at radius 3 is 2.61 bits per heavy atom. The van der Waals surface area contributed by atoms with E-state index in [0.717, 1.165) is 17.9 Å². The van der Waals surface area contributed by atoms with Crippen LogP contribution in [0.2, 0.25) is 0 Å². The number of hydrogen-bond donors (Lipinski definition) is 1. The molecule has 0 fully saturated rings. The molecule has 0 bridgehead atoms. The fraction of sp³-hybridized carbons (Fsp3) is 0.286. The topological polar surface area (TPSA) is 34.4 Å². The van der Waals surface area contributed by atoms with Crippen molar-refractivity contribution >= 4 is 5.69 Å². The van der Waals surface area contributed by atoms with Gasteiger partial charge in [-0.1, -0.05) is 6.92 Å². The molecule has 96 valence electrons. The van der Waals surface area contributed by atoms with Crippen molar-refractivity contribution in [1.82, 2.24) is 0 Å². The first-order chi connectivity index (χ1) is 8.72. The first-order valence-corrected chi connectivity index (χ1v) is 5.88. The Labute approximate surface area is 106 Å². The first-order valence-electron chi connectivity index (χ1n) is 5.88. The highest BCUT2D eigenvalue weighted by atomic mass is 19.1. The number of benzene rings is 1. The molecule has 0 amide bonds. The molecular weight excluding hydrogens is 233 g/mol. The van der Waals surface area contributed by atoms with Gasteiger partial charge in [-0.2, -0.15) is 0 Å². The van der Waals surface area contributed by atoms with E-state index in [1.54, 1.807) is 12.1 Å². The lowest BCUT2D eigenvalue weighted by Gasteiger charge is -2.07. The molecule has 1 N–H and O–H groups in total. The van der Waals surface area contributed by atoms with Gasteiger partial charge in [-0.15, -0.1) is 0 Å². The molecular formula is C14H16FNO2. The zero-order chi connectivity index (χ0) is 13.0. The van der Waals surface area contributed by atoms with E-state index in [2.05, 4.69) is 5.32 Å². The van der Waals surface area contributed by atoms with Crippen molar-refractivity contribution in [1.29, 1.82) is 0 Å². The van der Waals surface area contributed by atoms with Gasteiger partial charge in [0.25, 0.3) is 0 Å². The van der Waals surface area contributed by atoms with Crippen LogP contribution in [0.3, 0.4) is 0 Å². The average Bonchev–Trinajstić information content (AvgIpc) is 2.84. The summed E-state index contributed by atoms with van der Waals surface area (Å²) in [5.74, 6) is 1.65. The summed E-state index contributed by atoms with van der Waals surface area (Å²) < 4.78 is 23.9. The standard InChI is InChI=1S/C14H16FNO2/c1-3-11-5-6-12(18-11)9-16-10-4-7-14(17-2)13(15)8-10/h4-8,16H,3,9H2,1-2H3. The SMILES string of the molecule is CCc1ccc(CNc2ccc(OC)c(F)c2)o1. The predicted molar refractivity (Wildman–Crippen MR) is 68.4 cm³/mol. The first kappa shape index (κ1) is 12.5. The van der Waals surface area contributed by atoms with E-state index in [-0.39, 0.29) is 11.6 Å². The number of nitrogens with one attached hydrogen (secondary N) is 1. The summed E-state index contributed by atoms with van der Waals surface area (Å²) >= 11 is 0. The van der Waals surface area contributed by atoms with E-state index in [1.807, 2.05) is 19.1 Å². The third-order valence-electron chi connectivity index (χ3n) is 2.68. The van der Waals surface area contributed by atoms with Crippen LogP contribution >= 0.6 is 0 Å². The maximum atomic E-state index is 13.4. The number of halogens is 1. The van der Waals surface area contributed by atoms with Crippen molar-refractivity contribution in [3.63, 3.8) is 0 Å². The summed E-state index contributed by atoms with van der Waals surface area (Å²) in [5.41, 5.74) is 0.697. The van der Waals surface area contributed by atoms with Gasteiger partial charge in [0.1, 0.15) is 11.5 Å². The molecule has 0 saturated carbocycles. The van der Waals surface area contributed by atoms with Gasteiger partial charge >= 0.3 is 0 Å². The van der Waals surface area contributed by atoms with Gasteiger partial charge in [0, 0.05) is 18.2 Å². The second-order valence-electron chi connectivity index (χ2n) is 3.92. The zero-order valence-electron chi connectivity index (χ0n) is 10.5. The number of ether oxygens (including phenoxy) is 1. The Bertz CT molecular complexity index is 522. The number of anilines is 1. The van der Waals surface area contributed by atoms with Gasteiger partial charge in [-0.05, 0) is 24.3 Å². The average molecular weight is 249 g/mol. The lowest BCUT2D eigenvalue weighted by molar-refractivity contribution is 0.386. The van der Waals surface area contributed by atoms with E-state index < -0.39 is 0 Å². The molecule has 0 aliphatic heterocycles. The van der Waals surface area contributed by atoms with Gasteiger partial charge in [0.05, 0.1) is 13.7 Å². The molecule has 0 atom stereocenters. The predicted octanol–water partition coefficient (Wildman–Crippen LogP) is 3.60. The molecule has 2 aromatic rings. The van der Waals surface area contributed by atoms with Crippen molar-refractivity contribution in [2.75, 3.05) is 12.4 Å². The molecule has 1 heterocycles. The Morgan fingerprint density at radius 1 is 1.22 bits per heavy atom. The fourth-order valence-corrected chi connectivity index (χ4v) is 1.67. The van der Waals surface area contributed by atoms with Crippen molar-refractivity contribution in [3.05, 3.63) is 47.7 Å². The zero-order valence-corrected chi connectivity index (χ0v) is 10.5. The lowest BCUT2D eigenvalue weighted by Crippen LogP contribution is -1.99. The van der Waals surface area contributed by atoms with Crippen molar-refractivity contribution in [3.8, 4) is 5.75 Å². The maximum absolute atomic E-state index is 13.4. The molecule has 18 heavy (non-hydrogen) atoms. The Balaban J connectivity index is 1.99. The van der Waals surface area contributed by atoms with Gasteiger partial charge in [0.15, 0.2) is 11.6 Å². The van der Waals surface area contributed by atoms with Crippen molar-refractivity contribution in [2.45, 2.75) is 19.9 Å². The van der Waals surface area contributed by atoms with E-state index >= 15 is 0 Å². The quantitative estimate of drug-likeness (QED) is 0.879. The second-order valence-corrected chi connectivity index (χ2v) is 3.92. The second kappa shape index (κ2) is 5.58. The Hall–Kier alpha value is -1.97. The smallest absolute Gasteiger partial charge is 0.167 e. The van der Waals surface area contributed by atoms with Crippen LogP contribution in [0.1, 0.15) is 18.4 Å². The molecule has 3 nitrogen and oxygen atoms in total. The van der Waals surface area contributed by atoms with Crippen molar-refractivity contribution < 1.29 is 13.5 Å². The summed E-state index contributed by atoms with van der Waals surface area (Å²) in [4.78, 5) is 0. The van der Waals surface area contributed by atoms with Gasteiger partial charge in [0.2, 0.25) is 0 Å². The summed E-state index contributed by atoms with van der Waals surface area (Å²) in [5, 5.41) is 3.10. The van der Waals surface area contributed by atoms with E-state index in [9.17, 15) is 4.39 Å². The lowest BCUT2D eigenvalue weighted by atomic mass is 10.3. The third kappa shape index (κ3) is 2.83. The molecule has 0 saturated heterocycles.